The van der Waals surface area contributed by atoms with Gasteiger partial charge in [-0.25, -0.2) is 9.18 Å². The molecule has 126 valence electrons. The van der Waals surface area contributed by atoms with Crippen LogP contribution in [0.5, 0.6) is 5.75 Å². The highest BCUT2D eigenvalue weighted by molar-refractivity contribution is 5.96. The van der Waals surface area contributed by atoms with E-state index in [2.05, 4.69) is 10.6 Å². The third-order valence-corrected chi connectivity index (χ3v) is 3.73. The minimum atomic E-state index is -0.496. The fraction of sp³-hybridized carbons (Fsp3) is 0.500. The minimum absolute atomic E-state index is 0.182. The lowest BCUT2D eigenvalue weighted by Gasteiger charge is -2.23. The van der Waals surface area contributed by atoms with Crippen molar-refractivity contribution in [3.63, 3.8) is 0 Å². The first kappa shape index (κ1) is 17.2. The third kappa shape index (κ3) is 5.52. The molecule has 1 aromatic rings. The van der Waals surface area contributed by atoms with Crippen molar-refractivity contribution in [1.82, 2.24) is 15.5 Å². The zero-order chi connectivity index (χ0) is 16.8. The van der Waals surface area contributed by atoms with Gasteiger partial charge in [-0.15, -0.1) is 0 Å². The average molecular weight is 323 g/mol. The van der Waals surface area contributed by atoms with Gasteiger partial charge in [-0.05, 0) is 38.9 Å². The van der Waals surface area contributed by atoms with E-state index in [9.17, 15) is 14.0 Å². The molecule has 1 atom stereocenters. The number of imide groups is 1. The molecular weight excluding hydrogens is 301 g/mol. The topological polar surface area (TPSA) is 70.7 Å². The molecule has 1 fully saturated rings. The normalized spacial score (nSPS) is 15.1. The van der Waals surface area contributed by atoms with Crippen LogP contribution >= 0.6 is 0 Å². The molecule has 0 heterocycles. The van der Waals surface area contributed by atoms with Crippen molar-refractivity contribution in [1.29, 1.82) is 0 Å². The van der Waals surface area contributed by atoms with E-state index in [1.165, 1.54) is 6.07 Å². The first-order valence-corrected chi connectivity index (χ1v) is 7.66. The molecule has 23 heavy (non-hydrogen) atoms. The third-order valence-electron chi connectivity index (χ3n) is 3.73. The van der Waals surface area contributed by atoms with Crippen molar-refractivity contribution < 1.29 is 18.7 Å². The number of ether oxygens (including phenoxy) is 1. The van der Waals surface area contributed by atoms with E-state index in [-0.39, 0.29) is 24.3 Å². The standard InChI is InChI=1S/C16H22FN3O3/c1-11(15(21)19-16(22)18-12-7-8-12)20(2)9-10-23-14-6-4-3-5-13(14)17/h3-6,11-12H,7-10H2,1-2H3,(H2,18,19,21,22). The predicted octanol–water partition coefficient (Wildman–Crippen LogP) is 1.51. The van der Waals surface area contributed by atoms with Crippen molar-refractivity contribution in [2.24, 2.45) is 0 Å². The van der Waals surface area contributed by atoms with Crippen LogP contribution < -0.4 is 15.4 Å². The Bertz CT molecular complexity index is 563. The molecule has 0 radical (unpaired) electrons. The van der Waals surface area contributed by atoms with E-state index in [0.717, 1.165) is 12.8 Å². The summed E-state index contributed by atoms with van der Waals surface area (Å²) in [6.07, 6.45) is 1.93. The molecular formula is C16H22FN3O3. The molecule has 1 saturated carbocycles. The first-order chi connectivity index (χ1) is 11.0. The van der Waals surface area contributed by atoms with Crippen molar-refractivity contribution >= 4 is 11.9 Å². The molecule has 3 amide bonds. The van der Waals surface area contributed by atoms with E-state index < -0.39 is 17.9 Å². The molecule has 2 N–H and O–H groups in total. The Morgan fingerprint density at radius 1 is 1.39 bits per heavy atom. The lowest BCUT2D eigenvalue weighted by molar-refractivity contribution is -0.124. The number of urea groups is 1. The highest BCUT2D eigenvalue weighted by atomic mass is 19.1. The van der Waals surface area contributed by atoms with Crippen molar-refractivity contribution in [3.05, 3.63) is 30.1 Å². The Kier molecular flexibility index (Phi) is 5.92. The van der Waals surface area contributed by atoms with Gasteiger partial charge in [0.25, 0.3) is 0 Å². The number of carbonyl (C=O) groups excluding carboxylic acids is 2. The molecule has 1 aliphatic rings. The molecule has 0 bridgehead atoms. The number of rotatable bonds is 7. The molecule has 0 spiro atoms. The number of amides is 3. The van der Waals surface area contributed by atoms with Gasteiger partial charge in [0, 0.05) is 12.6 Å². The largest absolute Gasteiger partial charge is 0.489 e. The van der Waals surface area contributed by atoms with Gasteiger partial charge < -0.3 is 10.1 Å². The molecule has 1 unspecified atom stereocenters. The predicted molar refractivity (Wildman–Crippen MR) is 83.7 cm³/mol. The van der Waals surface area contributed by atoms with Gasteiger partial charge in [-0.3, -0.25) is 15.0 Å². The molecule has 2 rings (SSSR count). The van der Waals surface area contributed by atoms with E-state index in [0.29, 0.717) is 6.54 Å². The van der Waals surface area contributed by atoms with Crippen LogP contribution in [0.2, 0.25) is 0 Å². The molecule has 7 heteroatoms. The number of para-hydroxylation sites is 1. The van der Waals surface area contributed by atoms with Gasteiger partial charge in [0.2, 0.25) is 5.91 Å². The number of nitrogens with one attached hydrogen (secondary N) is 2. The quantitative estimate of drug-likeness (QED) is 0.798. The zero-order valence-corrected chi connectivity index (χ0v) is 13.3. The lowest BCUT2D eigenvalue weighted by Crippen LogP contribution is -2.49. The Balaban J connectivity index is 1.71. The summed E-state index contributed by atoms with van der Waals surface area (Å²) in [5.74, 6) is -0.615. The number of likely N-dealkylation sites (N-methyl/N-ethyl adjacent to an activating group) is 1. The maximum Gasteiger partial charge on any atom is 0.321 e. The molecule has 6 nitrogen and oxygen atoms in total. The highest BCUT2D eigenvalue weighted by Crippen LogP contribution is 2.18. The van der Waals surface area contributed by atoms with Gasteiger partial charge in [0.15, 0.2) is 11.6 Å². The lowest BCUT2D eigenvalue weighted by atomic mass is 10.3. The number of benzene rings is 1. The maximum absolute atomic E-state index is 13.4. The van der Waals surface area contributed by atoms with Gasteiger partial charge in [0.05, 0.1) is 6.04 Å². The number of nitrogens with zero attached hydrogens (tertiary/aromatic N) is 1. The zero-order valence-electron chi connectivity index (χ0n) is 13.3. The van der Waals surface area contributed by atoms with E-state index >= 15 is 0 Å². The Hall–Kier alpha value is -2.15. The fourth-order valence-corrected chi connectivity index (χ4v) is 1.92. The minimum Gasteiger partial charge on any atom is -0.489 e. The number of halogens is 1. The Morgan fingerprint density at radius 2 is 2.09 bits per heavy atom. The van der Waals surface area contributed by atoms with E-state index in [1.807, 2.05) is 0 Å². The summed E-state index contributed by atoms with van der Waals surface area (Å²) >= 11 is 0. The summed E-state index contributed by atoms with van der Waals surface area (Å²) < 4.78 is 18.8. The van der Waals surface area contributed by atoms with Gasteiger partial charge in [-0.2, -0.15) is 0 Å². The number of carbonyl (C=O) groups is 2. The van der Waals surface area contributed by atoms with Crippen LogP contribution in [0.1, 0.15) is 19.8 Å². The van der Waals surface area contributed by atoms with Crippen LogP contribution in [-0.2, 0) is 4.79 Å². The molecule has 1 aromatic carbocycles. The van der Waals surface area contributed by atoms with Gasteiger partial charge in [0.1, 0.15) is 6.61 Å². The SMILES string of the molecule is CC(C(=O)NC(=O)NC1CC1)N(C)CCOc1ccccc1F. The molecule has 1 aliphatic carbocycles. The van der Waals surface area contributed by atoms with Crippen molar-refractivity contribution in [3.8, 4) is 5.75 Å². The summed E-state index contributed by atoms with van der Waals surface area (Å²) in [5, 5.41) is 5.01. The van der Waals surface area contributed by atoms with Gasteiger partial charge in [-0.1, -0.05) is 12.1 Å². The maximum atomic E-state index is 13.4. The summed E-state index contributed by atoms with van der Waals surface area (Å²) in [5.41, 5.74) is 0. The summed E-state index contributed by atoms with van der Waals surface area (Å²) in [7, 11) is 1.74. The van der Waals surface area contributed by atoms with Crippen molar-refractivity contribution in [2.75, 3.05) is 20.2 Å². The van der Waals surface area contributed by atoms with Crippen molar-refractivity contribution in [2.45, 2.75) is 31.8 Å². The molecule has 0 saturated heterocycles. The molecule has 0 aliphatic heterocycles. The monoisotopic (exact) mass is 323 g/mol. The van der Waals surface area contributed by atoms with Crippen LogP contribution in [0.25, 0.3) is 0 Å². The second kappa shape index (κ2) is 7.92. The second-order valence-corrected chi connectivity index (χ2v) is 5.67. The Labute approximate surface area is 135 Å². The first-order valence-electron chi connectivity index (χ1n) is 7.66. The van der Waals surface area contributed by atoms with E-state index in [1.54, 1.807) is 37.1 Å². The fourth-order valence-electron chi connectivity index (χ4n) is 1.92. The number of hydrogen-bond donors (Lipinski definition) is 2. The average Bonchev–Trinajstić information content (AvgIpc) is 3.31. The van der Waals surface area contributed by atoms with Crippen LogP contribution in [0.15, 0.2) is 24.3 Å². The van der Waals surface area contributed by atoms with Crippen LogP contribution in [0.3, 0.4) is 0 Å². The van der Waals surface area contributed by atoms with Gasteiger partial charge >= 0.3 is 6.03 Å². The number of hydrogen-bond acceptors (Lipinski definition) is 4. The second-order valence-electron chi connectivity index (χ2n) is 5.67. The summed E-state index contributed by atoms with van der Waals surface area (Å²) in [6, 6.07) is 5.40. The van der Waals surface area contributed by atoms with Crippen LogP contribution in [0, 0.1) is 5.82 Å². The Morgan fingerprint density at radius 3 is 2.74 bits per heavy atom. The summed E-state index contributed by atoms with van der Waals surface area (Å²) in [6.45, 7) is 2.36. The molecule has 0 aromatic heterocycles. The van der Waals surface area contributed by atoms with E-state index in [4.69, 9.17) is 4.74 Å². The van der Waals surface area contributed by atoms with Crippen LogP contribution in [0.4, 0.5) is 9.18 Å². The highest BCUT2D eigenvalue weighted by Gasteiger charge is 2.25. The smallest absolute Gasteiger partial charge is 0.321 e. The summed E-state index contributed by atoms with van der Waals surface area (Å²) in [4.78, 5) is 25.2. The van der Waals surface area contributed by atoms with Crippen LogP contribution in [-0.4, -0.2) is 49.1 Å².